The molecule has 1 aromatic heterocycles. The van der Waals surface area contributed by atoms with Gasteiger partial charge in [-0.05, 0) is 25.3 Å². The number of hydrogen-bond donors (Lipinski definition) is 1. The van der Waals surface area contributed by atoms with Crippen LogP contribution in [0.25, 0.3) is 0 Å². The molecule has 1 fully saturated rings. The van der Waals surface area contributed by atoms with E-state index in [2.05, 4.69) is 5.10 Å². The lowest BCUT2D eigenvalue weighted by molar-refractivity contribution is -0.137. The average Bonchev–Trinajstić information content (AvgIpc) is 2.83. The summed E-state index contributed by atoms with van der Waals surface area (Å²) >= 11 is 0. The minimum absolute atomic E-state index is 0.0118. The Hall–Kier alpha value is -1.41. The molecular formula is C12H19N3O4S. The van der Waals surface area contributed by atoms with E-state index in [1.54, 1.807) is 7.05 Å². The van der Waals surface area contributed by atoms with Crippen LogP contribution < -0.4 is 0 Å². The number of hydrogen-bond acceptors (Lipinski definition) is 4. The summed E-state index contributed by atoms with van der Waals surface area (Å²) in [5.74, 6) is -0.895. The summed E-state index contributed by atoms with van der Waals surface area (Å²) in [6, 6.07) is 1.23. The van der Waals surface area contributed by atoms with Gasteiger partial charge in [-0.1, -0.05) is 6.42 Å². The van der Waals surface area contributed by atoms with Crippen molar-refractivity contribution in [3.05, 3.63) is 12.3 Å². The summed E-state index contributed by atoms with van der Waals surface area (Å²) in [5.41, 5.74) is 0. The average molecular weight is 301 g/mol. The first-order valence-electron chi connectivity index (χ1n) is 6.64. The molecule has 0 bridgehead atoms. The molecule has 1 atom stereocenters. The van der Waals surface area contributed by atoms with E-state index < -0.39 is 16.0 Å². The maximum Gasteiger partial charge on any atom is 0.303 e. The van der Waals surface area contributed by atoms with Gasteiger partial charge in [0.15, 0.2) is 5.03 Å². The molecule has 2 rings (SSSR count). The lowest BCUT2D eigenvalue weighted by atomic mass is 10.0. The van der Waals surface area contributed by atoms with E-state index in [1.807, 2.05) is 0 Å². The monoisotopic (exact) mass is 301 g/mol. The molecule has 0 saturated carbocycles. The van der Waals surface area contributed by atoms with Crippen LogP contribution in [0.5, 0.6) is 0 Å². The van der Waals surface area contributed by atoms with Gasteiger partial charge < -0.3 is 5.11 Å². The number of carboxylic acids is 1. The van der Waals surface area contributed by atoms with Crippen LogP contribution in [0.3, 0.4) is 0 Å². The zero-order valence-corrected chi connectivity index (χ0v) is 12.2. The Balaban J connectivity index is 2.23. The standard InChI is InChI=1S/C12H19N3O4S/c1-14-11(7-8-13-14)20(18,19)15-9-3-2-4-10(15)5-6-12(16)17/h7-8,10H,2-6,9H2,1H3,(H,16,17). The molecule has 0 radical (unpaired) electrons. The van der Waals surface area contributed by atoms with Gasteiger partial charge in [-0.2, -0.15) is 9.40 Å². The van der Waals surface area contributed by atoms with Crippen molar-refractivity contribution < 1.29 is 18.3 Å². The zero-order valence-electron chi connectivity index (χ0n) is 11.4. The Morgan fingerprint density at radius 2 is 2.25 bits per heavy atom. The first-order chi connectivity index (χ1) is 9.43. The van der Waals surface area contributed by atoms with Gasteiger partial charge in [0.2, 0.25) is 0 Å². The van der Waals surface area contributed by atoms with Gasteiger partial charge in [0.1, 0.15) is 0 Å². The molecule has 0 aliphatic carbocycles. The molecule has 0 aromatic carbocycles. The van der Waals surface area contributed by atoms with Crippen molar-refractivity contribution in [3.63, 3.8) is 0 Å². The Morgan fingerprint density at radius 1 is 1.50 bits per heavy atom. The second-order valence-corrected chi connectivity index (χ2v) is 6.83. The van der Waals surface area contributed by atoms with E-state index in [-0.39, 0.29) is 17.5 Å². The first-order valence-corrected chi connectivity index (χ1v) is 8.08. The fourth-order valence-corrected chi connectivity index (χ4v) is 4.43. The maximum atomic E-state index is 12.6. The Kier molecular flexibility index (Phi) is 4.44. The van der Waals surface area contributed by atoms with Gasteiger partial charge in [0.25, 0.3) is 10.0 Å². The van der Waals surface area contributed by atoms with E-state index in [4.69, 9.17) is 5.11 Å². The maximum absolute atomic E-state index is 12.6. The summed E-state index contributed by atoms with van der Waals surface area (Å²) in [6.45, 7) is 0.442. The number of piperidine rings is 1. The van der Waals surface area contributed by atoms with Crippen molar-refractivity contribution >= 4 is 16.0 Å². The highest BCUT2D eigenvalue weighted by Crippen LogP contribution is 2.27. The molecule has 1 saturated heterocycles. The quantitative estimate of drug-likeness (QED) is 0.869. The molecule has 20 heavy (non-hydrogen) atoms. The van der Waals surface area contributed by atoms with Gasteiger partial charge in [0.05, 0.1) is 6.20 Å². The van der Waals surface area contributed by atoms with Crippen LogP contribution in [-0.4, -0.2) is 46.2 Å². The molecule has 7 nitrogen and oxygen atoms in total. The highest BCUT2D eigenvalue weighted by Gasteiger charge is 2.35. The molecule has 1 unspecified atom stereocenters. The largest absolute Gasteiger partial charge is 0.481 e. The number of carboxylic acid groups (broad SMARTS) is 1. The molecule has 112 valence electrons. The third-order valence-electron chi connectivity index (χ3n) is 3.61. The van der Waals surface area contributed by atoms with Crippen molar-refractivity contribution in [2.45, 2.75) is 43.2 Å². The van der Waals surface area contributed by atoms with Crippen molar-refractivity contribution in [1.82, 2.24) is 14.1 Å². The smallest absolute Gasteiger partial charge is 0.303 e. The van der Waals surface area contributed by atoms with E-state index >= 15 is 0 Å². The van der Waals surface area contributed by atoms with Crippen LogP contribution in [0.1, 0.15) is 32.1 Å². The predicted octanol–water partition coefficient (Wildman–Crippen LogP) is 0.828. The third-order valence-corrected chi connectivity index (χ3v) is 5.64. The number of carbonyl (C=O) groups is 1. The number of nitrogens with zero attached hydrogens (tertiary/aromatic N) is 3. The van der Waals surface area contributed by atoms with Crippen molar-refractivity contribution in [3.8, 4) is 0 Å². The highest BCUT2D eigenvalue weighted by atomic mass is 32.2. The summed E-state index contributed by atoms with van der Waals surface area (Å²) < 4.78 is 28.1. The third kappa shape index (κ3) is 3.01. The van der Waals surface area contributed by atoms with E-state index in [9.17, 15) is 13.2 Å². The lowest BCUT2D eigenvalue weighted by Crippen LogP contribution is -2.44. The van der Waals surface area contributed by atoms with Crippen molar-refractivity contribution in [2.24, 2.45) is 7.05 Å². The minimum Gasteiger partial charge on any atom is -0.481 e. The van der Waals surface area contributed by atoms with Crippen LogP contribution in [0.15, 0.2) is 17.3 Å². The summed E-state index contributed by atoms with van der Waals surface area (Å²) in [5, 5.41) is 12.8. The summed E-state index contributed by atoms with van der Waals surface area (Å²) in [6.07, 6.45) is 4.24. The lowest BCUT2D eigenvalue weighted by Gasteiger charge is -2.34. The SMILES string of the molecule is Cn1nccc1S(=O)(=O)N1CCCCC1CCC(=O)O. The molecule has 0 spiro atoms. The zero-order chi connectivity index (χ0) is 14.8. The molecule has 1 aromatic rings. The van der Waals surface area contributed by atoms with Gasteiger partial charge in [0, 0.05) is 26.1 Å². The van der Waals surface area contributed by atoms with Gasteiger partial charge in [-0.15, -0.1) is 0 Å². The predicted molar refractivity (Wildman–Crippen MR) is 71.6 cm³/mol. The fraction of sp³-hybridized carbons (Fsp3) is 0.667. The van der Waals surface area contributed by atoms with Crippen LogP contribution in [0.2, 0.25) is 0 Å². The second kappa shape index (κ2) is 5.92. The topological polar surface area (TPSA) is 92.5 Å². The molecular weight excluding hydrogens is 282 g/mol. The number of aromatic nitrogens is 2. The molecule has 1 aliphatic rings. The number of rotatable bonds is 5. The molecule has 1 N–H and O–H groups in total. The number of aliphatic carboxylic acids is 1. The van der Waals surface area contributed by atoms with E-state index in [0.29, 0.717) is 19.4 Å². The highest BCUT2D eigenvalue weighted by molar-refractivity contribution is 7.89. The number of sulfonamides is 1. The molecule has 8 heteroatoms. The van der Waals surface area contributed by atoms with Crippen LogP contribution in [-0.2, 0) is 21.9 Å². The Morgan fingerprint density at radius 3 is 2.85 bits per heavy atom. The fourth-order valence-electron chi connectivity index (χ4n) is 2.60. The van der Waals surface area contributed by atoms with Crippen molar-refractivity contribution in [1.29, 1.82) is 0 Å². The first kappa shape index (κ1) is 15.0. The second-order valence-electron chi connectivity index (χ2n) is 4.99. The van der Waals surface area contributed by atoms with Gasteiger partial charge in [-0.25, -0.2) is 8.42 Å². The minimum atomic E-state index is -3.61. The van der Waals surface area contributed by atoms with Gasteiger partial charge in [-0.3, -0.25) is 9.48 Å². The summed E-state index contributed by atoms with van der Waals surface area (Å²) in [4.78, 5) is 10.7. The molecule has 0 amide bonds. The van der Waals surface area contributed by atoms with Crippen LogP contribution in [0, 0.1) is 0 Å². The summed E-state index contributed by atoms with van der Waals surface area (Å²) in [7, 11) is -2.02. The van der Waals surface area contributed by atoms with E-state index in [1.165, 1.54) is 21.3 Å². The van der Waals surface area contributed by atoms with Crippen LogP contribution >= 0.6 is 0 Å². The Bertz CT molecular complexity index is 581. The molecule has 2 heterocycles. The van der Waals surface area contributed by atoms with Crippen LogP contribution in [0.4, 0.5) is 0 Å². The molecule has 1 aliphatic heterocycles. The Labute approximate surface area is 118 Å². The number of aryl methyl sites for hydroxylation is 1. The normalized spacial score (nSPS) is 20.9. The van der Waals surface area contributed by atoms with Gasteiger partial charge >= 0.3 is 5.97 Å². The van der Waals surface area contributed by atoms with Crippen molar-refractivity contribution in [2.75, 3.05) is 6.54 Å². The van der Waals surface area contributed by atoms with E-state index in [0.717, 1.165) is 12.8 Å².